The van der Waals surface area contributed by atoms with E-state index < -0.39 is 0 Å². The van der Waals surface area contributed by atoms with E-state index in [0.29, 0.717) is 22.2 Å². The van der Waals surface area contributed by atoms with Gasteiger partial charge in [0.2, 0.25) is 0 Å². The fourth-order valence-corrected chi connectivity index (χ4v) is 4.94. The molecule has 0 radical (unpaired) electrons. The maximum Gasteiger partial charge on any atom is 0.126 e. The molecule has 6 nitrogen and oxygen atoms in total. The topological polar surface area (TPSA) is 91.0 Å². The minimum atomic E-state index is -0.250. The first-order valence-corrected chi connectivity index (χ1v) is 13.3. The van der Waals surface area contributed by atoms with Crippen molar-refractivity contribution >= 4 is 45.6 Å². The van der Waals surface area contributed by atoms with Crippen LogP contribution >= 0.6 is 0 Å². The molecule has 42 heavy (non-hydrogen) atoms. The summed E-state index contributed by atoms with van der Waals surface area (Å²) in [5.74, 6) is 0.298. The third-order valence-corrected chi connectivity index (χ3v) is 7.44. The van der Waals surface area contributed by atoms with E-state index in [1.807, 2.05) is 60.7 Å². The van der Waals surface area contributed by atoms with Crippen LogP contribution in [-0.4, -0.2) is 32.6 Å². The molecule has 0 aliphatic carbocycles. The number of hydrogen-bond donors (Lipinski definition) is 2. The second-order valence-electron chi connectivity index (χ2n) is 10.4. The molecule has 2 heterocycles. The minimum absolute atomic E-state index is 0. The third-order valence-electron chi connectivity index (χ3n) is 7.44. The normalized spacial score (nSPS) is 11.9. The van der Waals surface area contributed by atoms with Crippen molar-refractivity contribution in [3.63, 3.8) is 0 Å². The summed E-state index contributed by atoms with van der Waals surface area (Å²) in [5.41, 5.74) is 6.24. The van der Waals surface area contributed by atoms with Crippen molar-refractivity contribution in [2.75, 3.05) is 0 Å². The number of aliphatic imine (C=N–C) groups is 2. The number of aromatic hydroxyl groups is 2. The largest absolute Gasteiger partial charge is 0.507 e. The first kappa shape index (κ1) is 28.8. The maximum absolute atomic E-state index is 10.4. The summed E-state index contributed by atoms with van der Waals surface area (Å²) in [6.07, 6.45) is 6.75. The Kier molecular flexibility index (Phi) is 8.23. The van der Waals surface area contributed by atoms with Crippen molar-refractivity contribution in [1.82, 2.24) is 9.97 Å². The SMILES string of the molecule is CC(C)(c1ccc(N=Cc2c(O)ccc3cccnc23)cc1)c1ccc(N=Cc2c(O)ccc3cccnc23)cc1.[Zn]. The fraction of sp³-hybridized carbons (Fsp3) is 0.0857. The van der Waals surface area contributed by atoms with E-state index in [4.69, 9.17) is 0 Å². The quantitative estimate of drug-likeness (QED) is 0.149. The van der Waals surface area contributed by atoms with E-state index in [2.05, 4.69) is 58.1 Å². The van der Waals surface area contributed by atoms with Crippen molar-refractivity contribution in [3.05, 3.63) is 132 Å². The van der Waals surface area contributed by atoms with Crippen molar-refractivity contribution in [3.8, 4) is 11.5 Å². The average molecular weight is 602 g/mol. The Morgan fingerprint density at radius 3 is 1.38 bits per heavy atom. The van der Waals surface area contributed by atoms with Crippen LogP contribution in [0.1, 0.15) is 36.1 Å². The van der Waals surface area contributed by atoms with Gasteiger partial charge in [0.1, 0.15) is 11.5 Å². The van der Waals surface area contributed by atoms with Gasteiger partial charge in [-0.1, -0.05) is 50.2 Å². The first-order valence-electron chi connectivity index (χ1n) is 13.3. The molecule has 2 aromatic heterocycles. The molecule has 0 fully saturated rings. The van der Waals surface area contributed by atoms with Gasteiger partial charge >= 0.3 is 0 Å². The summed E-state index contributed by atoms with van der Waals surface area (Å²) < 4.78 is 0. The van der Waals surface area contributed by atoms with Crippen LogP contribution in [0.25, 0.3) is 21.8 Å². The molecule has 4 aromatic carbocycles. The van der Waals surface area contributed by atoms with Gasteiger partial charge in [-0.2, -0.15) is 0 Å². The standard InChI is InChI=1S/C35H28N4O2.Zn/c1-35(2,25-9-13-27(14-10-25)38-21-29-31(40)17-7-23-5-3-19-36-33(23)29)26-11-15-28(16-12-26)39-22-30-32(41)18-8-24-6-4-20-37-34(24)30;/h3-22,40-41H,1-2H3;. The summed E-state index contributed by atoms with van der Waals surface area (Å²) in [7, 11) is 0. The molecule has 0 aliphatic rings. The van der Waals surface area contributed by atoms with Crippen LogP contribution in [0.2, 0.25) is 0 Å². The van der Waals surface area contributed by atoms with Crippen molar-refractivity contribution < 1.29 is 29.7 Å². The van der Waals surface area contributed by atoms with Gasteiger partial charge in [0, 0.05) is 60.5 Å². The molecule has 2 N–H and O–H groups in total. The number of phenols is 2. The molecular formula is C35H28N4O2Zn. The van der Waals surface area contributed by atoms with Gasteiger partial charge < -0.3 is 10.2 Å². The number of hydrogen-bond acceptors (Lipinski definition) is 6. The predicted molar refractivity (Wildman–Crippen MR) is 166 cm³/mol. The second-order valence-corrected chi connectivity index (χ2v) is 10.4. The van der Waals surface area contributed by atoms with Crippen molar-refractivity contribution in [2.24, 2.45) is 9.98 Å². The Morgan fingerprint density at radius 2 is 0.976 bits per heavy atom. The monoisotopic (exact) mass is 600 g/mol. The number of pyridine rings is 2. The number of rotatable bonds is 6. The van der Waals surface area contributed by atoms with E-state index in [1.54, 1.807) is 37.0 Å². The molecule has 0 atom stereocenters. The van der Waals surface area contributed by atoms with Gasteiger partial charge in [0.15, 0.2) is 0 Å². The molecule has 6 rings (SSSR count). The summed E-state index contributed by atoms with van der Waals surface area (Å²) in [6, 6.07) is 30.9. The zero-order valence-electron chi connectivity index (χ0n) is 23.4. The summed E-state index contributed by atoms with van der Waals surface area (Å²) >= 11 is 0. The number of fused-ring (bicyclic) bond motifs is 2. The molecule has 0 spiro atoms. The van der Waals surface area contributed by atoms with Crippen molar-refractivity contribution in [1.29, 1.82) is 0 Å². The zero-order valence-corrected chi connectivity index (χ0v) is 26.4. The van der Waals surface area contributed by atoms with Gasteiger partial charge in [0.25, 0.3) is 0 Å². The van der Waals surface area contributed by atoms with Crippen molar-refractivity contribution in [2.45, 2.75) is 19.3 Å². The van der Waals surface area contributed by atoms with E-state index in [9.17, 15) is 10.2 Å². The van der Waals surface area contributed by atoms with Crippen LogP contribution in [-0.2, 0) is 24.9 Å². The summed E-state index contributed by atoms with van der Waals surface area (Å²) in [6.45, 7) is 4.37. The molecule has 202 valence electrons. The van der Waals surface area contributed by atoms with Crippen LogP contribution in [0.15, 0.2) is 119 Å². The molecule has 0 aliphatic heterocycles. The van der Waals surface area contributed by atoms with Crippen LogP contribution < -0.4 is 0 Å². The van der Waals surface area contributed by atoms with Gasteiger partial charge in [-0.05, 0) is 71.8 Å². The summed E-state index contributed by atoms with van der Waals surface area (Å²) in [5, 5.41) is 22.6. The molecule has 7 heteroatoms. The second kappa shape index (κ2) is 12.0. The van der Waals surface area contributed by atoms with Gasteiger partial charge in [-0.3, -0.25) is 20.0 Å². The van der Waals surface area contributed by atoms with Crippen LogP contribution in [0.4, 0.5) is 11.4 Å². The molecule has 0 unspecified atom stereocenters. The number of benzene rings is 4. The molecule has 0 amide bonds. The molecule has 0 saturated heterocycles. The Morgan fingerprint density at radius 1 is 0.571 bits per heavy atom. The Hall–Kier alpha value is -4.74. The maximum atomic E-state index is 10.4. The van der Waals surface area contributed by atoms with Crippen LogP contribution in [0, 0.1) is 0 Å². The Balaban J connectivity index is 0.00000353. The predicted octanol–water partition coefficient (Wildman–Crippen LogP) is 8.02. The number of nitrogens with zero attached hydrogens (tertiary/aromatic N) is 4. The van der Waals surface area contributed by atoms with E-state index >= 15 is 0 Å². The summed E-state index contributed by atoms with van der Waals surface area (Å²) in [4.78, 5) is 18.0. The van der Waals surface area contributed by atoms with Gasteiger partial charge in [0.05, 0.1) is 33.5 Å². The Labute approximate surface area is 256 Å². The number of aromatic nitrogens is 2. The molecule has 6 aromatic rings. The van der Waals surface area contributed by atoms with Crippen LogP contribution in [0.5, 0.6) is 11.5 Å². The van der Waals surface area contributed by atoms with E-state index in [0.717, 1.165) is 33.3 Å². The molecule has 0 bridgehead atoms. The smallest absolute Gasteiger partial charge is 0.126 e. The zero-order chi connectivity index (χ0) is 28.4. The average Bonchev–Trinajstić information content (AvgIpc) is 3.00. The van der Waals surface area contributed by atoms with Gasteiger partial charge in [-0.25, -0.2) is 0 Å². The van der Waals surface area contributed by atoms with Gasteiger partial charge in [-0.15, -0.1) is 0 Å². The van der Waals surface area contributed by atoms with E-state index in [-0.39, 0.29) is 36.4 Å². The molecular weight excluding hydrogens is 574 g/mol. The third kappa shape index (κ3) is 5.69. The minimum Gasteiger partial charge on any atom is -0.507 e. The fourth-order valence-electron chi connectivity index (χ4n) is 4.94. The molecule has 0 saturated carbocycles. The number of phenolic OH excluding ortho intramolecular Hbond substituents is 2. The van der Waals surface area contributed by atoms with Crippen LogP contribution in [0.3, 0.4) is 0 Å². The Bertz CT molecular complexity index is 1790. The first-order chi connectivity index (χ1) is 19.9. The van der Waals surface area contributed by atoms with E-state index in [1.165, 1.54) is 0 Å².